The number of halogens is 1. The standard InChI is InChI=1S/C31H34FN7O2S/c32-23-7-11-25(12-8-23)39-19-28(22-5-9-24(10-6-22)38-15-17-42(41,18-16-38)35-21-34)29(37-39)26-3-1-2-4-27(26)30(40)36-31(20-33)13-14-31/h5-12,19,26-27,42H,1-4,13-18H2,(H,35,41)(H,36,40)/t26-,27-/m1/s1. The van der Waals surface area contributed by atoms with Gasteiger partial charge in [0.1, 0.15) is 11.4 Å². The van der Waals surface area contributed by atoms with Gasteiger partial charge in [0.05, 0.1) is 17.5 Å². The number of thiol groups is 1. The van der Waals surface area contributed by atoms with Crippen LogP contribution in [0.4, 0.5) is 10.1 Å². The third-order valence-electron chi connectivity index (χ3n) is 8.84. The Morgan fingerprint density at radius 1 is 1.05 bits per heavy atom. The van der Waals surface area contributed by atoms with Gasteiger partial charge in [-0.05, 0) is 67.6 Å². The van der Waals surface area contributed by atoms with E-state index < -0.39 is 15.6 Å². The van der Waals surface area contributed by atoms with E-state index in [0.717, 1.165) is 53.9 Å². The van der Waals surface area contributed by atoms with Gasteiger partial charge in [0.2, 0.25) is 12.1 Å². The predicted octanol–water partition coefficient (Wildman–Crippen LogP) is 4.97. The number of rotatable bonds is 6. The largest absolute Gasteiger partial charge is 0.370 e. The second-order valence-electron chi connectivity index (χ2n) is 11.6. The molecule has 0 unspecified atom stereocenters. The summed E-state index contributed by atoms with van der Waals surface area (Å²) in [4.78, 5) is 15.7. The molecule has 1 aromatic heterocycles. The maximum Gasteiger partial charge on any atom is 0.225 e. The molecular weight excluding hydrogens is 553 g/mol. The molecule has 218 valence electrons. The molecule has 2 saturated carbocycles. The number of carbonyl (C=O) groups excluding carboxylic acids is 1. The first-order valence-corrected chi connectivity index (χ1v) is 16.5. The lowest BCUT2D eigenvalue weighted by Gasteiger charge is -2.36. The molecule has 9 nitrogen and oxygen atoms in total. The first kappa shape index (κ1) is 28.1. The Labute approximate surface area is 245 Å². The summed E-state index contributed by atoms with van der Waals surface area (Å²) in [5, 5.41) is 26.5. The molecule has 11 heteroatoms. The van der Waals surface area contributed by atoms with E-state index in [1.165, 1.54) is 12.1 Å². The Hall–Kier alpha value is -4.06. The topological polar surface area (TPSA) is 130 Å². The molecule has 2 aliphatic carbocycles. The molecule has 1 amide bonds. The van der Waals surface area contributed by atoms with Crippen molar-refractivity contribution in [2.24, 2.45) is 10.3 Å². The monoisotopic (exact) mass is 587 g/mol. The fourth-order valence-corrected chi connectivity index (χ4v) is 7.89. The molecule has 3 fully saturated rings. The Balaban J connectivity index is 1.32. The van der Waals surface area contributed by atoms with Crippen LogP contribution in [0.25, 0.3) is 16.8 Å². The number of nitrogens with one attached hydrogen (secondary N) is 1. The molecule has 1 saturated heterocycles. The van der Waals surface area contributed by atoms with Crippen molar-refractivity contribution in [3.8, 4) is 29.1 Å². The molecular formula is C31H34FN7O2S. The molecule has 2 atom stereocenters. The van der Waals surface area contributed by atoms with Crippen LogP contribution in [-0.2, 0) is 14.9 Å². The van der Waals surface area contributed by atoms with Crippen molar-refractivity contribution >= 4 is 21.7 Å². The quantitative estimate of drug-likeness (QED) is 0.276. The zero-order valence-electron chi connectivity index (χ0n) is 23.3. The number of nitriles is 2. The summed E-state index contributed by atoms with van der Waals surface area (Å²) in [6.45, 7) is 1.26. The third kappa shape index (κ3) is 5.67. The number of hydrogen-bond acceptors (Lipinski definition) is 6. The molecule has 3 aliphatic rings. The minimum atomic E-state index is -2.52. The normalized spacial score (nSPS) is 23.2. The van der Waals surface area contributed by atoms with Gasteiger partial charge in [0, 0.05) is 53.9 Å². The van der Waals surface area contributed by atoms with Crippen molar-refractivity contribution in [3.05, 3.63) is 66.2 Å². The Bertz CT molecular complexity index is 1600. The van der Waals surface area contributed by atoms with E-state index in [0.29, 0.717) is 37.4 Å². The van der Waals surface area contributed by atoms with Crippen LogP contribution < -0.4 is 10.2 Å². The maximum absolute atomic E-state index is 13.7. The number of nitrogens with zero attached hydrogens (tertiary/aromatic N) is 6. The van der Waals surface area contributed by atoms with Crippen molar-refractivity contribution in [1.82, 2.24) is 15.1 Å². The average molecular weight is 588 g/mol. The van der Waals surface area contributed by atoms with Gasteiger partial charge in [-0.25, -0.2) is 9.07 Å². The number of benzene rings is 2. The summed E-state index contributed by atoms with van der Waals surface area (Å²) in [7, 11) is -2.52. The lowest BCUT2D eigenvalue weighted by Crippen LogP contribution is -2.43. The zero-order valence-corrected chi connectivity index (χ0v) is 24.2. The zero-order chi connectivity index (χ0) is 29.3. The second kappa shape index (κ2) is 11.3. The average Bonchev–Trinajstić information content (AvgIpc) is 3.64. The van der Waals surface area contributed by atoms with E-state index in [1.54, 1.807) is 23.0 Å². The number of aromatic nitrogens is 2. The number of anilines is 1. The summed E-state index contributed by atoms with van der Waals surface area (Å²) < 4.78 is 29.8. The van der Waals surface area contributed by atoms with Crippen LogP contribution >= 0.6 is 0 Å². The lowest BCUT2D eigenvalue weighted by atomic mass is 9.75. The molecule has 0 radical (unpaired) electrons. The highest BCUT2D eigenvalue weighted by atomic mass is 32.3. The molecule has 1 aliphatic heterocycles. The van der Waals surface area contributed by atoms with Gasteiger partial charge in [-0.2, -0.15) is 15.6 Å². The summed E-state index contributed by atoms with van der Waals surface area (Å²) >= 11 is 0. The van der Waals surface area contributed by atoms with Gasteiger partial charge in [-0.1, -0.05) is 35.1 Å². The van der Waals surface area contributed by atoms with Crippen LogP contribution in [0.1, 0.15) is 50.1 Å². The lowest BCUT2D eigenvalue weighted by molar-refractivity contribution is -0.127. The molecule has 6 rings (SSSR count). The van der Waals surface area contributed by atoms with E-state index in [1.807, 2.05) is 30.5 Å². The first-order valence-electron chi connectivity index (χ1n) is 14.5. The fraction of sp³-hybridized carbons (Fsp3) is 0.419. The van der Waals surface area contributed by atoms with Crippen LogP contribution in [0, 0.1) is 34.5 Å². The minimum absolute atomic E-state index is 0.0765. The van der Waals surface area contributed by atoms with Gasteiger partial charge < -0.3 is 14.8 Å². The minimum Gasteiger partial charge on any atom is -0.370 e. The molecule has 2 heterocycles. The van der Waals surface area contributed by atoms with Crippen LogP contribution in [0.2, 0.25) is 0 Å². The molecule has 0 bridgehead atoms. The van der Waals surface area contributed by atoms with Gasteiger partial charge in [-0.3, -0.25) is 4.79 Å². The number of amides is 1. The van der Waals surface area contributed by atoms with Gasteiger partial charge in [0.15, 0.2) is 0 Å². The van der Waals surface area contributed by atoms with Crippen molar-refractivity contribution in [3.63, 3.8) is 0 Å². The molecule has 3 aromatic rings. The molecule has 0 spiro atoms. The van der Waals surface area contributed by atoms with Crippen LogP contribution in [0.15, 0.2) is 59.1 Å². The SMILES string of the molecule is N#CN=[SH]1(O)CCN(c2ccc(-c3cn(-c4ccc(F)cc4)nc3[C@@H]3CCCC[C@H]3C(=O)NC3(C#N)CC3)cc2)CC1. The number of hydrogen-bond donors (Lipinski definition) is 3. The highest BCUT2D eigenvalue weighted by Crippen LogP contribution is 2.43. The second-order valence-corrected chi connectivity index (χ2v) is 14.4. The van der Waals surface area contributed by atoms with E-state index >= 15 is 0 Å². The Morgan fingerprint density at radius 3 is 2.36 bits per heavy atom. The summed E-state index contributed by atoms with van der Waals surface area (Å²) in [5.74, 6) is 0.194. The number of carbonyl (C=O) groups is 1. The third-order valence-corrected chi connectivity index (χ3v) is 11.1. The Kier molecular flexibility index (Phi) is 7.56. The van der Waals surface area contributed by atoms with Crippen molar-refractivity contribution in [1.29, 1.82) is 10.5 Å². The summed E-state index contributed by atoms with van der Waals surface area (Å²) in [6.07, 6.45) is 8.60. The van der Waals surface area contributed by atoms with Gasteiger partial charge in [-0.15, -0.1) is 4.36 Å². The first-order chi connectivity index (χ1) is 20.3. The smallest absolute Gasteiger partial charge is 0.225 e. The van der Waals surface area contributed by atoms with Gasteiger partial charge in [0.25, 0.3) is 0 Å². The fourth-order valence-electron chi connectivity index (χ4n) is 6.18. The molecule has 2 N–H and O–H groups in total. The van der Waals surface area contributed by atoms with Crippen LogP contribution in [0.5, 0.6) is 0 Å². The van der Waals surface area contributed by atoms with E-state index in [2.05, 4.69) is 20.6 Å². The summed E-state index contributed by atoms with van der Waals surface area (Å²) in [6, 6.07) is 16.7. The highest BCUT2D eigenvalue weighted by Gasteiger charge is 2.47. The van der Waals surface area contributed by atoms with Gasteiger partial charge >= 0.3 is 0 Å². The Morgan fingerprint density at radius 2 is 1.71 bits per heavy atom. The van der Waals surface area contributed by atoms with Crippen molar-refractivity contribution in [2.45, 2.75) is 50.0 Å². The van der Waals surface area contributed by atoms with E-state index in [4.69, 9.17) is 10.4 Å². The van der Waals surface area contributed by atoms with Crippen LogP contribution in [0.3, 0.4) is 0 Å². The van der Waals surface area contributed by atoms with Crippen LogP contribution in [-0.4, -0.2) is 50.4 Å². The maximum atomic E-state index is 13.7. The van der Waals surface area contributed by atoms with Crippen molar-refractivity contribution < 1.29 is 13.7 Å². The van der Waals surface area contributed by atoms with E-state index in [9.17, 15) is 19.0 Å². The molecule has 2 aromatic carbocycles. The molecule has 42 heavy (non-hydrogen) atoms. The predicted molar refractivity (Wildman–Crippen MR) is 161 cm³/mol. The van der Waals surface area contributed by atoms with E-state index in [-0.39, 0.29) is 23.6 Å². The highest BCUT2D eigenvalue weighted by molar-refractivity contribution is 8.00. The van der Waals surface area contributed by atoms with Crippen molar-refractivity contribution in [2.75, 3.05) is 29.5 Å². The summed E-state index contributed by atoms with van der Waals surface area (Å²) in [5.41, 5.74) is 3.74.